The van der Waals surface area contributed by atoms with Crippen molar-refractivity contribution >= 4 is 18.1 Å². The molecule has 164 valence electrons. The van der Waals surface area contributed by atoms with Gasteiger partial charge in [-0.2, -0.15) is 0 Å². The fourth-order valence-electron chi connectivity index (χ4n) is 4.25. The van der Waals surface area contributed by atoms with Crippen LogP contribution < -0.4 is 16.4 Å². The number of amides is 2. The molecule has 1 aliphatic heterocycles. The van der Waals surface area contributed by atoms with E-state index >= 15 is 0 Å². The monoisotopic (exact) mass is 408 g/mol. The number of aliphatic hydroxyl groups excluding tert-OH is 1. The lowest BCUT2D eigenvalue weighted by molar-refractivity contribution is -0.139. The summed E-state index contributed by atoms with van der Waals surface area (Å²) in [6.45, 7) is 1.08. The lowest BCUT2D eigenvalue weighted by atomic mass is 9.84. The molecule has 0 aromatic heterocycles. The fourth-order valence-corrected chi connectivity index (χ4v) is 4.25. The van der Waals surface area contributed by atoms with E-state index in [2.05, 4.69) is 10.6 Å². The summed E-state index contributed by atoms with van der Waals surface area (Å²) in [6.07, 6.45) is 11.2. The van der Waals surface area contributed by atoms with Crippen molar-refractivity contribution in [3.05, 3.63) is 11.9 Å². The standard InChI is InChI=1S/C21H36N4O4/c22-17(14-26)13-23-11-5-4-10-20(28)25-12-6-9-19(25)21(29)24-18(15-27)16-7-2-1-3-8-16/h13,15-16,18-19,23,26H,1-12,14,22H2,(H,24,29)/b17-13-. The molecule has 0 radical (unpaired) electrons. The molecule has 2 rings (SSSR count). The molecule has 0 aromatic carbocycles. The number of carbonyl (C=O) groups excluding carboxylic acids is 3. The maximum atomic E-state index is 12.8. The first kappa shape index (κ1) is 23.2. The molecule has 1 heterocycles. The van der Waals surface area contributed by atoms with Crippen LogP contribution in [-0.4, -0.2) is 59.9 Å². The van der Waals surface area contributed by atoms with E-state index in [0.29, 0.717) is 38.0 Å². The summed E-state index contributed by atoms with van der Waals surface area (Å²) >= 11 is 0. The molecular formula is C21H36N4O4. The van der Waals surface area contributed by atoms with Gasteiger partial charge in [-0.1, -0.05) is 19.3 Å². The van der Waals surface area contributed by atoms with Gasteiger partial charge in [0.25, 0.3) is 0 Å². The number of likely N-dealkylation sites (tertiary alicyclic amines) is 1. The second kappa shape index (κ2) is 12.5. The van der Waals surface area contributed by atoms with E-state index in [9.17, 15) is 14.4 Å². The number of aldehydes is 1. The predicted molar refractivity (Wildman–Crippen MR) is 111 cm³/mol. The first-order valence-electron chi connectivity index (χ1n) is 10.9. The van der Waals surface area contributed by atoms with Crippen LogP contribution in [0.15, 0.2) is 11.9 Å². The first-order chi connectivity index (χ1) is 14.1. The Balaban J connectivity index is 1.76. The Labute approximate surface area is 173 Å². The van der Waals surface area contributed by atoms with Crippen molar-refractivity contribution in [2.75, 3.05) is 19.7 Å². The summed E-state index contributed by atoms with van der Waals surface area (Å²) in [4.78, 5) is 38.6. The lowest BCUT2D eigenvalue weighted by Gasteiger charge is -2.30. The smallest absolute Gasteiger partial charge is 0.243 e. The van der Waals surface area contributed by atoms with E-state index in [1.165, 1.54) is 6.42 Å². The van der Waals surface area contributed by atoms with E-state index in [-0.39, 0.29) is 24.3 Å². The Kier molecular flexibility index (Phi) is 9.97. The molecule has 1 aliphatic carbocycles. The zero-order valence-electron chi connectivity index (χ0n) is 17.3. The molecule has 2 atom stereocenters. The van der Waals surface area contributed by atoms with Crippen molar-refractivity contribution in [3.8, 4) is 0 Å². The predicted octanol–water partition coefficient (Wildman–Crippen LogP) is 0.794. The Morgan fingerprint density at radius 2 is 1.90 bits per heavy atom. The van der Waals surface area contributed by atoms with Gasteiger partial charge in [0.05, 0.1) is 12.6 Å². The Morgan fingerprint density at radius 3 is 2.59 bits per heavy atom. The van der Waals surface area contributed by atoms with E-state index in [0.717, 1.165) is 44.8 Å². The molecular weight excluding hydrogens is 372 g/mol. The molecule has 2 fully saturated rings. The van der Waals surface area contributed by atoms with Gasteiger partial charge in [-0.3, -0.25) is 9.59 Å². The number of carbonyl (C=O) groups is 3. The minimum absolute atomic E-state index is 0.00613. The van der Waals surface area contributed by atoms with Gasteiger partial charge in [-0.15, -0.1) is 0 Å². The van der Waals surface area contributed by atoms with Gasteiger partial charge in [0.15, 0.2) is 0 Å². The van der Waals surface area contributed by atoms with E-state index < -0.39 is 12.1 Å². The molecule has 0 bridgehead atoms. The number of nitrogens with two attached hydrogens (primary N) is 1. The third kappa shape index (κ3) is 7.34. The Hall–Kier alpha value is -2.09. The molecule has 5 N–H and O–H groups in total. The topological polar surface area (TPSA) is 125 Å². The summed E-state index contributed by atoms with van der Waals surface area (Å²) < 4.78 is 0. The highest BCUT2D eigenvalue weighted by Gasteiger charge is 2.35. The van der Waals surface area contributed by atoms with Gasteiger partial charge in [0, 0.05) is 31.4 Å². The quantitative estimate of drug-likeness (QED) is 0.296. The van der Waals surface area contributed by atoms with Crippen molar-refractivity contribution < 1.29 is 19.5 Å². The second-order valence-electron chi connectivity index (χ2n) is 8.10. The molecule has 1 saturated carbocycles. The largest absolute Gasteiger partial charge is 0.399 e. The molecule has 2 unspecified atom stereocenters. The number of nitrogens with zero attached hydrogens (tertiary/aromatic N) is 1. The van der Waals surface area contributed by atoms with Crippen molar-refractivity contribution in [2.45, 2.75) is 76.3 Å². The number of aliphatic hydroxyl groups is 1. The Morgan fingerprint density at radius 1 is 1.14 bits per heavy atom. The summed E-state index contributed by atoms with van der Waals surface area (Å²) in [6, 6.07) is -0.898. The molecule has 2 aliphatic rings. The highest BCUT2D eigenvalue weighted by atomic mass is 16.3. The number of hydrogen-bond acceptors (Lipinski definition) is 6. The van der Waals surface area contributed by atoms with Crippen molar-refractivity contribution in [1.29, 1.82) is 0 Å². The van der Waals surface area contributed by atoms with Gasteiger partial charge >= 0.3 is 0 Å². The van der Waals surface area contributed by atoms with Crippen LogP contribution in [0.3, 0.4) is 0 Å². The van der Waals surface area contributed by atoms with Gasteiger partial charge in [-0.25, -0.2) is 0 Å². The third-order valence-electron chi connectivity index (χ3n) is 5.92. The van der Waals surface area contributed by atoms with E-state index in [4.69, 9.17) is 10.8 Å². The van der Waals surface area contributed by atoms with E-state index in [1.54, 1.807) is 11.1 Å². The van der Waals surface area contributed by atoms with Crippen molar-refractivity contribution in [1.82, 2.24) is 15.5 Å². The first-order valence-corrected chi connectivity index (χ1v) is 10.9. The van der Waals surface area contributed by atoms with Crippen LogP contribution in [0, 0.1) is 5.92 Å². The average molecular weight is 409 g/mol. The lowest BCUT2D eigenvalue weighted by Crippen LogP contribution is -2.51. The molecule has 2 amide bonds. The van der Waals surface area contributed by atoms with Crippen LogP contribution in [0.2, 0.25) is 0 Å². The minimum Gasteiger partial charge on any atom is -0.399 e. The van der Waals surface area contributed by atoms with Crippen LogP contribution >= 0.6 is 0 Å². The summed E-state index contributed by atoms with van der Waals surface area (Å²) in [5.74, 6) is 0.0235. The maximum absolute atomic E-state index is 12.8. The van der Waals surface area contributed by atoms with Crippen LogP contribution in [0.1, 0.15) is 64.2 Å². The van der Waals surface area contributed by atoms with Crippen LogP contribution in [0.5, 0.6) is 0 Å². The van der Waals surface area contributed by atoms with Gasteiger partial charge in [0.1, 0.15) is 12.3 Å². The molecule has 0 spiro atoms. The Bertz CT molecular complexity index is 575. The minimum atomic E-state index is -0.459. The number of rotatable bonds is 11. The van der Waals surface area contributed by atoms with Crippen molar-refractivity contribution in [2.24, 2.45) is 11.7 Å². The van der Waals surface area contributed by atoms with Crippen molar-refractivity contribution in [3.63, 3.8) is 0 Å². The molecule has 8 heteroatoms. The van der Waals surface area contributed by atoms with Crippen LogP contribution in [0.25, 0.3) is 0 Å². The average Bonchev–Trinajstić information content (AvgIpc) is 3.24. The third-order valence-corrected chi connectivity index (χ3v) is 5.92. The molecule has 29 heavy (non-hydrogen) atoms. The number of nitrogens with one attached hydrogen (secondary N) is 2. The van der Waals surface area contributed by atoms with Gasteiger partial charge in [0.2, 0.25) is 11.8 Å². The highest BCUT2D eigenvalue weighted by Crippen LogP contribution is 2.26. The fraction of sp³-hybridized carbons (Fsp3) is 0.762. The van der Waals surface area contributed by atoms with Gasteiger partial charge in [-0.05, 0) is 44.4 Å². The van der Waals surface area contributed by atoms with Crippen LogP contribution in [0.4, 0.5) is 0 Å². The van der Waals surface area contributed by atoms with Gasteiger partial charge < -0.3 is 31.2 Å². The normalized spacial score (nSPS) is 21.6. The zero-order chi connectivity index (χ0) is 21.1. The molecule has 1 saturated heterocycles. The maximum Gasteiger partial charge on any atom is 0.243 e. The number of hydrogen-bond donors (Lipinski definition) is 4. The van der Waals surface area contributed by atoms with Crippen LogP contribution in [-0.2, 0) is 14.4 Å². The zero-order valence-corrected chi connectivity index (χ0v) is 17.3. The summed E-state index contributed by atoms with van der Waals surface area (Å²) in [7, 11) is 0. The SMILES string of the molecule is N/C(=C\NCCCCC(=O)N1CCCC1C(=O)NC(C=O)C1CCCCC1)CO. The summed E-state index contributed by atoms with van der Waals surface area (Å²) in [5, 5.41) is 14.7. The highest BCUT2D eigenvalue weighted by molar-refractivity contribution is 5.89. The molecule has 8 nitrogen and oxygen atoms in total. The second-order valence-corrected chi connectivity index (χ2v) is 8.10. The molecule has 0 aromatic rings. The summed E-state index contributed by atoms with van der Waals surface area (Å²) in [5.41, 5.74) is 5.85. The number of unbranched alkanes of at least 4 members (excludes halogenated alkanes) is 1. The van der Waals surface area contributed by atoms with E-state index in [1.807, 2.05) is 0 Å².